The predicted molar refractivity (Wildman–Crippen MR) is 107 cm³/mol. The van der Waals surface area contributed by atoms with Crippen LogP contribution in [-0.4, -0.2) is 16.8 Å². The first-order valence-electron chi connectivity index (χ1n) is 8.81. The lowest BCUT2D eigenvalue weighted by atomic mass is 10.1. The van der Waals surface area contributed by atoms with Crippen LogP contribution in [0.1, 0.15) is 11.1 Å². The topological polar surface area (TPSA) is 56.3 Å². The fraction of sp³-hybridized carbons (Fsp3) is 0.143. The van der Waals surface area contributed by atoms with Gasteiger partial charge < -0.3 is 14.8 Å². The van der Waals surface area contributed by atoms with Gasteiger partial charge in [0, 0.05) is 11.4 Å². The Hall–Kier alpha value is -3.19. The maximum atomic E-state index is 13.9. The molecule has 2 aromatic carbocycles. The molecule has 0 bridgehead atoms. The molecule has 0 amide bonds. The van der Waals surface area contributed by atoms with E-state index in [1.165, 1.54) is 6.33 Å². The number of nitrogens with zero attached hydrogens (tertiary/aromatic N) is 2. The molecule has 0 spiro atoms. The van der Waals surface area contributed by atoms with Crippen molar-refractivity contribution in [2.75, 3.05) is 12.1 Å². The van der Waals surface area contributed by atoms with Gasteiger partial charge >= 0.3 is 0 Å². The molecular formula is C21H16FN3O2S. The number of ether oxygens (including phenoxy) is 2. The smallest absolute Gasteiger partial charge is 0.231 e. The Labute approximate surface area is 164 Å². The first kappa shape index (κ1) is 16.9. The van der Waals surface area contributed by atoms with Gasteiger partial charge in [-0.2, -0.15) is 0 Å². The molecule has 0 atom stereocenters. The average molecular weight is 393 g/mol. The SMILES string of the molecule is Cc1ccc(-c2cc3ncnc(NCc4ccc5c(c4)OCO5)c3s2)cc1F. The van der Waals surface area contributed by atoms with Crippen molar-refractivity contribution in [1.82, 2.24) is 9.97 Å². The van der Waals surface area contributed by atoms with E-state index < -0.39 is 0 Å². The highest BCUT2D eigenvalue weighted by Gasteiger charge is 2.14. The van der Waals surface area contributed by atoms with Crippen molar-refractivity contribution in [3.8, 4) is 21.9 Å². The second-order valence-corrected chi connectivity index (χ2v) is 7.60. The maximum absolute atomic E-state index is 13.9. The zero-order valence-corrected chi connectivity index (χ0v) is 15.8. The van der Waals surface area contributed by atoms with E-state index in [1.54, 1.807) is 30.4 Å². The van der Waals surface area contributed by atoms with Crippen LogP contribution in [0.5, 0.6) is 11.5 Å². The van der Waals surface area contributed by atoms with Crippen molar-refractivity contribution in [1.29, 1.82) is 0 Å². The molecule has 1 aliphatic rings. The van der Waals surface area contributed by atoms with Gasteiger partial charge in [0.2, 0.25) is 6.79 Å². The Morgan fingerprint density at radius 3 is 2.86 bits per heavy atom. The van der Waals surface area contributed by atoms with Crippen molar-refractivity contribution in [2.24, 2.45) is 0 Å². The minimum absolute atomic E-state index is 0.206. The Bertz CT molecular complexity index is 1190. The van der Waals surface area contributed by atoms with Crippen molar-refractivity contribution in [3.63, 3.8) is 0 Å². The molecule has 1 aliphatic heterocycles. The van der Waals surface area contributed by atoms with Gasteiger partial charge in [-0.1, -0.05) is 18.2 Å². The summed E-state index contributed by atoms with van der Waals surface area (Å²) in [6.45, 7) is 2.61. The monoisotopic (exact) mass is 393 g/mol. The fourth-order valence-electron chi connectivity index (χ4n) is 3.11. The molecule has 28 heavy (non-hydrogen) atoms. The molecule has 2 aromatic heterocycles. The van der Waals surface area contributed by atoms with Crippen molar-refractivity contribution in [3.05, 3.63) is 65.7 Å². The number of halogens is 1. The summed E-state index contributed by atoms with van der Waals surface area (Å²) in [5.74, 6) is 2.07. The lowest BCUT2D eigenvalue weighted by Crippen LogP contribution is -2.01. The van der Waals surface area contributed by atoms with Crippen LogP contribution in [0.4, 0.5) is 10.2 Å². The van der Waals surface area contributed by atoms with E-state index in [0.29, 0.717) is 12.1 Å². The quantitative estimate of drug-likeness (QED) is 0.520. The number of anilines is 1. The van der Waals surface area contributed by atoms with E-state index in [0.717, 1.165) is 43.5 Å². The number of aryl methyl sites for hydroxylation is 1. The Balaban J connectivity index is 1.43. The van der Waals surface area contributed by atoms with Crippen molar-refractivity contribution < 1.29 is 13.9 Å². The highest BCUT2D eigenvalue weighted by atomic mass is 32.1. The molecule has 5 rings (SSSR count). The molecular weight excluding hydrogens is 377 g/mol. The van der Waals surface area contributed by atoms with Crippen LogP contribution in [-0.2, 0) is 6.54 Å². The second-order valence-electron chi connectivity index (χ2n) is 6.55. The molecule has 4 aromatic rings. The molecule has 0 unspecified atom stereocenters. The van der Waals surface area contributed by atoms with E-state index in [1.807, 2.05) is 30.3 Å². The fourth-order valence-corrected chi connectivity index (χ4v) is 4.18. The number of benzene rings is 2. The number of rotatable bonds is 4. The van der Waals surface area contributed by atoms with Crippen LogP contribution in [0.25, 0.3) is 20.7 Å². The largest absolute Gasteiger partial charge is 0.454 e. The molecule has 0 aliphatic carbocycles. The van der Waals surface area contributed by atoms with Gasteiger partial charge in [-0.25, -0.2) is 14.4 Å². The molecule has 0 fully saturated rings. The van der Waals surface area contributed by atoms with Crippen LogP contribution in [0.2, 0.25) is 0 Å². The summed E-state index contributed by atoms with van der Waals surface area (Å²) in [7, 11) is 0. The van der Waals surface area contributed by atoms with Crippen LogP contribution in [0.15, 0.2) is 48.8 Å². The highest BCUT2D eigenvalue weighted by Crippen LogP contribution is 2.37. The minimum atomic E-state index is -0.206. The van der Waals surface area contributed by atoms with Crippen LogP contribution in [0, 0.1) is 12.7 Å². The number of aromatic nitrogens is 2. The summed E-state index contributed by atoms with van der Waals surface area (Å²) in [5, 5.41) is 3.37. The maximum Gasteiger partial charge on any atom is 0.231 e. The Kier molecular flexibility index (Phi) is 4.09. The summed E-state index contributed by atoms with van der Waals surface area (Å²) >= 11 is 1.55. The van der Waals surface area contributed by atoms with Gasteiger partial charge in [0.15, 0.2) is 11.5 Å². The third kappa shape index (κ3) is 3.03. The molecule has 0 saturated carbocycles. The molecule has 5 nitrogen and oxygen atoms in total. The summed E-state index contributed by atoms with van der Waals surface area (Å²) in [5.41, 5.74) is 3.38. The number of fused-ring (bicyclic) bond motifs is 2. The Morgan fingerprint density at radius 1 is 1.07 bits per heavy atom. The van der Waals surface area contributed by atoms with Gasteiger partial charge in [0.25, 0.3) is 0 Å². The van der Waals surface area contributed by atoms with Crippen LogP contribution >= 0.6 is 11.3 Å². The predicted octanol–water partition coefficient (Wildman–Crippen LogP) is 5.15. The summed E-state index contributed by atoms with van der Waals surface area (Å²) < 4.78 is 25.7. The number of hydrogen-bond donors (Lipinski definition) is 1. The molecule has 140 valence electrons. The van der Waals surface area contributed by atoms with E-state index >= 15 is 0 Å². The second kappa shape index (κ2) is 6.76. The standard InChI is InChI=1S/C21H16FN3O2S/c1-12-2-4-14(7-15(12)22)19-8-16-20(28-19)21(25-10-24-16)23-9-13-3-5-17-18(6-13)27-11-26-17/h2-8,10H,9,11H2,1H3,(H,23,24,25). The van der Waals surface area contributed by atoms with Gasteiger partial charge in [-0.15, -0.1) is 11.3 Å². The zero-order chi connectivity index (χ0) is 19.1. The van der Waals surface area contributed by atoms with Gasteiger partial charge in [-0.3, -0.25) is 0 Å². The minimum Gasteiger partial charge on any atom is -0.454 e. The van der Waals surface area contributed by atoms with Gasteiger partial charge in [-0.05, 0) is 47.9 Å². The van der Waals surface area contributed by atoms with E-state index in [-0.39, 0.29) is 12.6 Å². The van der Waals surface area contributed by atoms with Gasteiger partial charge in [0.1, 0.15) is 18.0 Å². The summed E-state index contributed by atoms with van der Waals surface area (Å²) in [4.78, 5) is 9.71. The third-order valence-electron chi connectivity index (χ3n) is 4.66. The molecule has 7 heteroatoms. The van der Waals surface area contributed by atoms with E-state index in [9.17, 15) is 4.39 Å². The number of thiophene rings is 1. The summed E-state index contributed by atoms with van der Waals surface area (Å²) in [6.07, 6.45) is 1.54. The zero-order valence-electron chi connectivity index (χ0n) is 15.0. The average Bonchev–Trinajstić information content (AvgIpc) is 3.34. The normalized spacial score (nSPS) is 12.5. The molecule has 0 radical (unpaired) electrons. The molecule has 0 saturated heterocycles. The highest BCUT2D eigenvalue weighted by molar-refractivity contribution is 7.22. The number of hydrogen-bond acceptors (Lipinski definition) is 6. The lowest BCUT2D eigenvalue weighted by molar-refractivity contribution is 0.174. The number of nitrogens with one attached hydrogen (secondary N) is 1. The van der Waals surface area contributed by atoms with Crippen LogP contribution in [0.3, 0.4) is 0 Å². The van der Waals surface area contributed by atoms with Crippen molar-refractivity contribution >= 4 is 27.4 Å². The first-order valence-corrected chi connectivity index (χ1v) is 9.62. The van der Waals surface area contributed by atoms with Crippen LogP contribution < -0.4 is 14.8 Å². The summed E-state index contributed by atoms with van der Waals surface area (Å²) in [6, 6.07) is 13.1. The Morgan fingerprint density at radius 2 is 1.96 bits per heavy atom. The van der Waals surface area contributed by atoms with E-state index in [4.69, 9.17) is 9.47 Å². The van der Waals surface area contributed by atoms with Gasteiger partial charge in [0.05, 0.1) is 10.2 Å². The van der Waals surface area contributed by atoms with Crippen molar-refractivity contribution in [2.45, 2.75) is 13.5 Å². The third-order valence-corrected chi connectivity index (χ3v) is 5.84. The molecule has 3 heterocycles. The lowest BCUT2D eigenvalue weighted by Gasteiger charge is -2.07. The molecule has 1 N–H and O–H groups in total. The first-order chi connectivity index (χ1) is 13.7. The van der Waals surface area contributed by atoms with E-state index in [2.05, 4.69) is 15.3 Å².